The SMILES string of the molecule is Cn1cc(-c2ccc(N(C(=O)NCc3ccccc3)C3CCC(Nc4ncc(C#N)c(NC5CCNC5)n4)CC3)nc2)cn1.O=C(O)C(F)(F)F. The quantitative estimate of drug-likeness (QED) is 0.163. The Morgan fingerprint density at radius 3 is 2.33 bits per heavy atom. The van der Waals surface area contributed by atoms with E-state index in [0.29, 0.717) is 29.7 Å². The fraction of sp³-hybridized carbons (Fsp3) is 0.382. The molecular weight excluding hydrogens is 667 g/mol. The molecule has 5 N–H and O–H groups in total. The van der Waals surface area contributed by atoms with Crippen LogP contribution >= 0.6 is 0 Å². The van der Waals surface area contributed by atoms with Crippen LogP contribution in [0.2, 0.25) is 0 Å². The van der Waals surface area contributed by atoms with E-state index in [1.54, 1.807) is 23.3 Å². The van der Waals surface area contributed by atoms with E-state index in [-0.39, 0.29) is 24.2 Å². The van der Waals surface area contributed by atoms with Gasteiger partial charge in [0.2, 0.25) is 5.95 Å². The lowest BCUT2D eigenvalue weighted by atomic mass is 9.90. The molecule has 2 aliphatic rings. The number of alkyl halides is 3. The topological polar surface area (TPSA) is 186 Å². The van der Waals surface area contributed by atoms with Crippen molar-refractivity contribution < 1.29 is 27.9 Å². The van der Waals surface area contributed by atoms with Gasteiger partial charge in [0.25, 0.3) is 0 Å². The zero-order valence-electron chi connectivity index (χ0n) is 27.8. The van der Waals surface area contributed by atoms with Crippen LogP contribution in [0, 0.1) is 11.3 Å². The third-order valence-electron chi connectivity index (χ3n) is 8.49. The van der Waals surface area contributed by atoms with Gasteiger partial charge in [-0.2, -0.15) is 28.5 Å². The molecule has 1 atom stereocenters. The first kappa shape index (κ1) is 36.5. The van der Waals surface area contributed by atoms with E-state index in [0.717, 1.165) is 61.9 Å². The number of benzene rings is 1. The second kappa shape index (κ2) is 16.8. The highest BCUT2D eigenvalue weighted by molar-refractivity contribution is 5.91. The molecule has 17 heteroatoms. The summed E-state index contributed by atoms with van der Waals surface area (Å²) in [5, 5.41) is 34.2. The summed E-state index contributed by atoms with van der Waals surface area (Å²) in [7, 11) is 1.88. The molecule has 51 heavy (non-hydrogen) atoms. The Kier molecular flexibility index (Phi) is 12.0. The van der Waals surface area contributed by atoms with Crippen LogP contribution in [0.1, 0.15) is 43.2 Å². The minimum absolute atomic E-state index is 0.0189. The van der Waals surface area contributed by atoms with Crippen LogP contribution in [0.5, 0.6) is 0 Å². The molecular formula is C34H38F3N11O3. The van der Waals surface area contributed by atoms with Crippen molar-refractivity contribution >= 4 is 29.6 Å². The van der Waals surface area contributed by atoms with E-state index in [4.69, 9.17) is 14.9 Å². The maximum Gasteiger partial charge on any atom is 0.490 e. The molecule has 3 aromatic heterocycles. The highest BCUT2D eigenvalue weighted by atomic mass is 19.4. The average Bonchev–Trinajstić information content (AvgIpc) is 3.81. The number of rotatable bonds is 9. The Labute approximate surface area is 292 Å². The van der Waals surface area contributed by atoms with Crippen LogP contribution in [-0.4, -0.2) is 79.2 Å². The van der Waals surface area contributed by atoms with Crippen molar-refractivity contribution in [2.75, 3.05) is 28.6 Å². The van der Waals surface area contributed by atoms with Crippen molar-refractivity contribution in [3.63, 3.8) is 0 Å². The van der Waals surface area contributed by atoms with Crippen molar-refractivity contribution in [3.8, 4) is 17.2 Å². The molecule has 1 saturated carbocycles. The first-order valence-corrected chi connectivity index (χ1v) is 16.4. The highest BCUT2D eigenvalue weighted by Gasteiger charge is 2.38. The summed E-state index contributed by atoms with van der Waals surface area (Å²) in [5.74, 6) is -1.07. The number of nitrogens with one attached hydrogen (secondary N) is 4. The minimum Gasteiger partial charge on any atom is -0.475 e. The zero-order valence-corrected chi connectivity index (χ0v) is 27.8. The number of pyridine rings is 1. The fourth-order valence-corrected chi connectivity index (χ4v) is 5.86. The van der Waals surface area contributed by atoms with Crippen LogP contribution in [-0.2, 0) is 18.4 Å². The minimum atomic E-state index is -5.08. The molecule has 1 unspecified atom stereocenters. The van der Waals surface area contributed by atoms with Gasteiger partial charge in [-0.15, -0.1) is 0 Å². The van der Waals surface area contributed by atoms with Gasteiger partial charge in [0, 0.05) is 61.8 Å². The van der Waals surface area contributed by atoms with Gasteiger partial charge in [-0.1, -0.05) is 30.3 Å². The van der Waals surface area contributed by atoms with Crippen LogP contribution in [0.25, 0.3) is 11.1 Å². The number of carboxylic acid groups (broad SMARTS) is 1. The summed E-state index contributed by atoms with van der Waals surface area (Å²) in [6.07, 6.45) is 6.26. The van der Waals surface area contributed by atoms with Gasteiger partial charge < -0.3 is 26.4 Å². The average molecular weight is 706 g/mol. The molecule has 0 radical (unpaired) electrons. The maximum absolute atomic E-state index is 13.7. The third-order valence-corrected chi connectivity index (χ3v) is 8.49. The van der Waals surface area contributed by atoms with Gasteiger partial charge in [0.1, 0.15) is 23.3 Å². The van der Waals surface area contributed by atoms with E-state index in [2.05, 4.69) is 42.4 Å². The number of urea groups is 1. The van der Waals surface area contributed by atoms with E-state index < -0.39 is 12.1 Å². The van der Waals surface area contributed by atoms with Gasteiger partial charge in [0.05, 0.1) is 12.4 Å². The van der Waals surface area contributed by atoms with Crippen molar-refractivity contribution in [2.45, 2.75) is 63.0 Å². The number of halogens is 3. The fourth-order valence-electron chi connectivity index (χ4n) is 5.86. The molecule has 2 amide bonds. The summed E-state index contributed by atoms with van der Waals surface area (Å²) in [6.45, 7) is 2.23. The number of nitriles is 1. The van der Waals surface area contributed by atoms with Crippen molar-refractivity contribution in [3.05, 3.63) is 78.4 Å². The largest absolute Gasteiger partial charge is 0.490 e. The number of hydrogen-bond acceptors (Lipinski definition) is 10. The molecule has 0 spiro atoms. The molecule has 1 aliphatic heterocycles. The summed E-state index contributed by atoms with van der Waals surface area (Å²) in [6, 6.07) is 16.2. The number of nitrogens with zero attached hydrogens (tertiary/aromatic N) is 7. The number of carbonyl (C=O) groups is 2. The van der Waals surface area contributed by atoms with Gasteiger partial charge in [-0.25, -0.2) is 19.6 Å². The lowest BCUT2D eigenvalue weighted by Crippen LogP contribution is -2.49. The highest BCUT2D eigenvalue weighted by Crippen LogP contribution is 2.30. The van der Waals surface area contributed by atoms with Crippen LogP contribution in [0.3, 0.4) is 0 Å². The van der Waals surface area contributed by atoms with E-state index >= 15 is 0 Å². The Morgan fingerprint density at radius 2 is 1.75 bits per heavy atom. The van der Waals surface area contributed by atoms with Gasteiger partial charge in [-0.3, -0.25) is 9.58 Å². The number of carbonyl (C=O) groups excluding carboxylic acids is 1. The van der Waals surface area contributed by atoms with Crippen LogP contribution < -0.4 is 26.2 Å². The second-order valence-electron chi connectivity index (χ2n) is 12.2. The zero-order chi connectivity index (χ0) is 36.4. The monoisotopic (exact) mass is 705 g/mol. The number of amides is 2. The number of aliphatic carboxylic acids is 1. The third kappa shape index (κ3) is 10.1. The van der Waals surface area contributed by atoms with Gasteiger partial charge in [0.15, 0.2) is 0 Å². The normalized spacial score (nSPS) is 18.5. The molecule has 4 heterocycles. The van der Waals surface area contributed by atoms with Crippen molar-refractivity contribution in [1.29, 1.82) is 5.26 Å². The molecule has 0 bridgehead atoms. The number of anilines is 3. The van der Waals surface area contributed by atoms with Crippen LogP contribution in [0.15, 0.2) is 67.3 Å². The van der Waals surface area contributed by atoms with E-state index in [1.165, 1.54) is 0 Å². The van der Waals surface area contributed by atoms with E-state index in [1.807, 2.05) is 60.6 Å². The molecule has 1 aliphatic carbocycles. The number of carboxylic acids is 1. The first-order chi connectivity index (χ1) is 24.5. The smallest absolute Gasteiger partial charge is 0.475 e. The molecule has 2 fully saturated rings. The molecule has 1 aromatic carbocycles. The Bertz CT molecular complexity index is 1800. The first-order valence-electron chi connectivity index (χ1n) is 16.4. The molecule has 6 rings (SSSR count). The van der Waals surface area contributed by atoms with Gasteiger partial charge in [-0.05, 0) is 56.3 Å². The summed E-state index contributed by atoms with van der Waals surface area (Å²) in [4.78, 5) is 38.2. The van der Waals surface area contributed by atoms with Crippen LogP contribution in [0.4, 0.5) is 35.5 Å². The molecule has 4 aromatic rings. The number of hydrogen-bond donors (Lipinski definition) is 5. The summed E-state index contributed by atoms with van der Waals surface area (Å²) in [5.41, 5.74) is 3.39. The standard InChI is InChI=1S/C32H37N11O.C2HF3O2/c1-42-21-25(19-38-42)23-7-12-29(35-17-23)43(32(44)37-16-22-5-3-2-4-6-22)28-10-8-26(9-11-28)40-31-36-18-24(15-33)30(41-31)39-27-13-14-34-20-27;3-2(4,5)1(6)7/h2-7,12,17-19,21,26-28,34H,8-11,13-14,16,20H2,1H3,(H,37,44)(H2,36,39,40,41);(H,6,7). The number of aryl methyl sites for hydroxylation is 1. The van der Waals surface area contributed by atoms with Crippen molar-refractivity contribution in [2.24, 2.45) is 7.05 Å². The predicted octanol–water partition coefficient (Wildman–Crippen LogP) is 4.69. The predicted molar refractivity (Wildman–Crippen MR) is 183 cm³/mol. The Balaban J connectivity index is 0.000000654. The molecule has 14 nitrogen and oxygen atoms in total. The molecule has 268 valence electrons. The molecule has 1 saturated heterocycles. The number of aromatic nitrogens is 5. The lowest BCUT2D eigenvalue weighted by molar-refractivity contribution is -0.192. The van der Waals surface area contributed by atoms with E-state index in [9.17, 15) is 23.2 Å². The Morgan fingerprint density at radius 1 is 1.00 bits per heavy atom. The summed E-state index contributed by atoms with van der Waals surface area (Å²) < 4.78 is 33.5. The van der Waals surface area contributed by atoms with Gasteiger partial charge >= 0.3 is 18.2 Å². The maximum atomic E-state index is 13.7. The lowest BCUT2D eigenvalue weighted by Gasteiger charge is -2.36. The summed E-state index contributed by atoms with van der Waals surface area (Å²) >= 11 is 0. The van der Waals surface area contributed by atoms with Crippen molar-refractivity contribution in [1.82, 2.24) is 35.4 Å². The second-order valence-corrected chi connectivity index (χ2v) is 12.2. The Hall–Kier alpha value is -5.76.